The molecule has 0 saturated carbocycles. The monoisotopic (exact) mass is 551 g/mol. The van der Waals surface area contributed by atoms with Crippen LogP contribution in [-0.4, -0.2) is 15.0 Å². The van der Waals surface area contributed by atoms with Gasteiger partial charge in [-0.3, -0.25) is 0 Å². The molecule has 4 heteroatoms. The Morgan fingerprint density at radius 2 is 1.14 bits per heavy atom. The van der Waals surface area contributed by atoms with E-state index in [2.05, 4.69) is 97.1 Å². The first-order valence-corrected chi connectivity index (χ1v) is 14.7. The third kappa shape index (κ3) is 3.87. The lowest BCUT2D eigenvalue weighted by Gasteiger charge is -2.12. The lowest BCUT2D eigenvalue weighted by Crippen LogP contribution is -2.03. The number of hydrogen-bond acceptors (Lipinski definition) is 4. The summed E-state index contributed by atoms with van der Waals surface area (Å²) in [6.45, 7) is 0. The molecule has 8 aromatic rings. The molecule has 43 heavy (non-hydrogen) atoms. The van der Waals surface area contributed by atoms with E-state index in [4.69, 9.17) is 19.4 Å². The van der Waals surface area contributed by atoms with Crippen LogP contribution in [0.3, 0.4) is 0 Å². The predicted octanol–water partition coefficient (Wildman–Crippen LogP) is 10.2. The summed E-state index contributed by atoms with van der Waals surface area (Å²) >= 11 is 0. The number of fused-ring (bicyclic) bond motifs is 3. The highest BCUT2D eigenvalue weighted by molar-refractivity contribution is 6.33. The van der Waals surface area contributed by atoms with Crippen LogP contribution in [0.4, 0.5) is 0 Å². The quantitative estimate of drug-likeness (QED) is 0.204. The zero-order valence-corrected chi connectivity index (χ0v) is 23.3. The van der Waals surface area contributed by atoms with Crippen molar-refractivity contribution in [2.24, 2.45) is 0 Å². The maximum absolute atomic E-state index is 6.46. The van der Waals surface area contributed by atoms with Gasteiger partial charge in [-0.05, 0) is 69.8 Å². The first-order chi connectivity index (χ1) is 21.3. The summed E-state index contributed by atoms with van der Waals surface area (Å²) in [7, 11) is 0. The summed E-state index contributed by atoms with van der Waals surface area (Å²) in [6.07, 6.45) is 8.54. The number of benzene rings is 6. The fourth-order valence-corrected chi connectivity index (χ4v) is 6.47. The topological polar surface area (TPSA) is 51.8 Å². The fourth-order valence-electron chi connectivity index (χ4n) is 6.47. The number of nitrogens with zero attached hydrogens (tertiary/aromatic N) is 3. The van der Waals surface area contributed by atoms with Crippen LogP contribution in [0, 0.1) is 0 Å². The molecule has 0 aliphatic heterocycles. The minimum atomic E-state index is 0.659. The van der Waals surface area contributed by atoms with Gasteiger partial charge >= 0.3 is 0 Å². The van der Waals surface area contributed by atoms with Gasteiger partial charge in [0.05, 0.1) is 0 Å². The van der Waals surface area contributed by atoms with Crippen LogP contribution in [-0.2, 0) is 0 Å². The van der Waals surface area contributed by atoms with Crippen LogP contribution in [0.15, 0.2) is 132 Å². The Bertz CT molecular complexity index is 2400. The van der Waals surface area contributed by atoms with Gasteiger partial charge in [-0.2, -0.15) is 0 Å². The molecule has 1 aliphatic rings. The Morgan fingerprint density at radius 3 is 1.98 bits per heavy atom. The van der Waals surface area contributed by atoms with E-state index in [1.807, 2.05) is 30.3 Å². The summed E-state index contributed by atoms with van der Waals surface area (Å²) in [5, 5.41) is 7.30. The molecule has 0 atom stereocenters. The molecule has 0 amide bonds. The number of hydrogen-bond donors (Lipinski definition) is 0. The van der Waals surface area contributed by atoms with E-state index >= 15 is 0 Å². The van der Waals surface area contributed by atoms with Crippen molar-refractivity contribution < 1.29 is 4.42 Å². The SMILES string of the molecule is C1=CC(c2nc(-c3ccccc3)nc(-c3cccc(-c4cc5oc6cccc7c8ccccc8c(c4)c5c67)c3)n2)=CCC1. The van der Waals surface area contributed by atoms with Crippen LogP contribution in [0.2, 0.25) is 0 Å². The van der Waals surface area contributed by atoms with E-state index in [1.165, 1.54) is 32.3 Å². The Labute approximate surface area is 248 Å². The first-order valence-electron chi connectivity index (χ1n) is 14.7. The van der Waals surface area contributed by atoms with Gasteiger partial charge in [0.1, 0.15) is 11.2 Å². The third-order valence-electron chi connectivity index (χ3n) is 8.48. The highest BCUT2D eigenvalue weighted by Crippen LogP contribution is 2.44. The smallest absolute Gasteiger partial charge is 0.164 e. The van der Waals surface area contributed by atoms with E-state index in [1.54, 1.807) is 0 Å². The molecule has 202 valence electrons. The molecule has 0 fully saturated rings. The van der Waals surface area contributed by atoms with Crippen LogP contribution in [0.1, 0.15) is 18.7 Å². The number of aromatic nitrogens is 3. The largest absolute Gasteiger partial charge is 0.456 e. The number of allylic oxidation sites excluding steroid dienone is 4. The number of rotatable bonds is 4. The molecule has 0 N–H and O–H groups in total. The zero-order valence-electron chi connectivity index (χ0n) is 23.3. The van der Waals surface area contributed by atoms with E-state index in [0.717, 1.165) is 51.8 Å². The Morgan fingerprint density at radius 1 is 0.465 bits per heavy atom. The molecule has 2 heterocycles. The van der Waals surface area contributed by atoms with Crippen LogP contribution in [0.25, 0.3) is 83.0 Å². The van der Waals surface area contributed by atoms with Crippen LogP contribution < -0.4 is 0 Å². The lowest BCUT2D eigenvalue weighted by atomic mass is 9.92. The molecule has 0 saturated heterocycles. The lowest BCUT2D eigenvalue weighted by molar-refractivity contribution is 0.669. The average molecular weight is 552 g/mol. The fraction of sp³-hybridized carbons (Fsp3) is 0.0513. The van der Waals surface area contributed by atoms with Gasteiger partial charge < -0.3 is 4.42 Å². The Kier molecular flexibility index (Phi) is 5.29. The van der Waals surface area contributed by atoms with Crippen molar-refractivity contribution in [2.75, 3.05) is 0 Å². The molecule has 9 rings (SSSR count). The molecular weight excluding hydrogens is 526 g/mol. The summed E-state index contributed by atoms with van der Waals surface area (Å²) in [5.41, 5.74) is 6.95. The molecule has 1 aliphatic carbocycles. The van der Waals surface area contributed by atoms with Crippen molar-refractivity contribution in [3.63, 3.8) is 0 Å². The predicted molar refractivity (Wildman–Crippen MR) is 176 cm³/mol. The van der Waals surface area contributed by atoms with Crippen molar-refractivity contribution in [1.82, 2.24) is 15.0 Å². The highest BCUT2D eigenvalue weighted by Gasteiger charge is 2.19. The van der Waals surface area contributed by atoms with E-state index in [9.17, 15) is 0 Å². The van der Waals surface area contributed by atoms with Gasteiger partial charge in [0.2, 0.25) is 0 Å². The molecule has 0 unspecified atom stereocenters. The maximum Gasteiger partial charge on any atom is 0.164 e. The molecule has 4 nitrogen and oxygen atoms in total. The summed E-state index contributed by atoms with van der Waals surface area (Å²) < 4.78 is 6.46. The average Bonchev–Trinajstić information content (AvgIpc) is 3.47. The molecule has 0 bridgehead atoms. The van der Waals surface area contributed by atoms with Crippen molar-refractivity contribution in [3.05, 3.63) is 133 Å². The number of furan rings is 1. The van der Waals surface area contributed by atoms with Gasteiger partial charge in [-0.1, -0.05) is 103 Å². The van der Waals surface area contributed by atoms with Crippen molar-refractivity contribution in [2.45, 2.75) is 12.8 Å². The van der Waals surface area contributed by atoms with Crippen LogP contribution >= 0.6 is 0 Å². The van der Waals surface area contributed by atoms with E-state index < -0.39 is 0 Å². The summed E-state index contributed by atoms with van der Waals surface area (Å²) in [5.74, 6) is 2.03. The molecule has 2 aromatic heterocycles. The second-order valence-corrected chi connectivity index (χ2v) is 11.1. The highest BCUT2D eigenvalue weighted by atomic mass is 16.3. The maximum atomic E-state index is 6.46. The molecule has 0 spiro atoms. The van der Waals surface area contributed by atoms with Gasteiger partial charge in [-0.15, -0.1) is 0 Å². The zero-order chi connectivity index (χ0) is 28.3. The van der Waals surface area contributed by atoms with Gasteiger partial charge in [0.25, 0.3) is 0 Å². The molecule has 6 aromatic carbocycles. The van der Waals surface area contributed by atoms with Crippen LogP contribution in [0.5, 0.6) is 0 Å². The summed E-state index contributed by atoms with van der Waals surface area (Å²) in [6, 6.07) is 38.1. The van der Waals surface area contributed by atoms with Gasteiger partial charge in [0, 0.05) is 27.5 Å². The third-order valence-corrected chi connectivity index (χ3v) is 8.48. The first kappa shape index (κ1) is 24.0. The van der Waals surface area contributed by atoms with E-state index in [0.29, 0.717) is 17.5 Å². The minimum Gasteiger partial charge on any atom is -0.456 e. The van der Waals surface area contributed by atoms with Crippen molar-refractivity contribution >= 4 is 49.1 Å². The van der Waals surface area contributed by atoms with Gasteiger partial charge in [-0.25, -0.2) is 15.0 Å². The molecular formula is C39H25N3O. The van der Waals surface area contributed by atoms with E-state index in [-0.39, 0.29) is 0 Å². The standard InChI is InChI=1S/C39H25N3O/c1-3-11-24(12-4-1)37-40-38(25-13-5-2-6-14-25)42-39(41-37)27-16-9-15-26(21-27)28-22-32-30-18-8-7-17-29(30)31-19-10-20-33-35(31)36(32)34(23-28)43-33/h1,3-5,7-23H,2,6H2. The van der Waals surface area contributed by atoms with Crippen molar-refractivity contribution in [1.29, 1.82) is 0 Å². The van der Waals surface area contributed by atoms with Gasteiger partial charge in [0.15, 0.2) is 17.5 Å². The Hall–Kier alpha value is -5.61. The van der Waals surface area contributed by atoms with Crippen molar-refractivity contribution in [3.8, 4) is 33.9 Å². The molecule has 0 radical (unpaired) electrons. The second-order valence-electron chi connectivity index (χ2n) is 11.1. The normalized spacial score (nSPS) is 13.4. The Balaban J connectivity index is 1.24. The summed E-state index contributed by atoms with van der Waals surface area (Å²) in [4.78, 5) is 14.8. The second kappa shape index (κ2) is 9.47. The minimum absolute atomic E-state index is 0.659.